The Kier molecular flexibility index (Phi) is 4.37. The molecule has 0 saturated heterocycles. The molecule has 0 spiro atoms. The van der Waals surface area contributed by atoms with Gasteiger partial charge in [0, 0.05) is 24.7 Å². The summed E-state index contributed by atoms with van der Waals surface area (Å²) in [6.45, 7) is 2.17. The molecule has 23 heavy (non-hydrogen) atoms. The molecule has 0 fully saturated rings. The molecule has 3 rings (SSSR count). The van der Waals surface area contributed by atoms with Crippen LogP contribution in [0.5, 0.6) is 0 Å². The summed E-state index contributed by atoms with van der Waals surface area (Å²) >= 11 is 0. The van der Waals surface area contributed by atoms with E-state index < -0.39 is 6.04 Å². The van der Waals surface area contributed by atoms with Crippen LogP contribution >= 0.6 is 0 Å². The lowest BCUT2D eigenvalue weighted by Crippen LogP contribution is -2.47. The number of nitrogens with zero attached hydrogens (tertiary/aromatic N) is 2. The molecule has 1 aromatic heterocycles. The summed E-state index contributed by atoms with van der Waals surface area (Å²) in [6.07, 6.45) is 2.62. The van der Waals surface area contributed by atoms with Gasteiger partial charge in [-0.2, -0.15) is 0 Å². The summed E-state index contributed by atoms with van der Waals surface area (Å²) in [5, 5.41) is 2.89. The maximum Gasteiger partial charge on any atom is 0.243 e. The Morgan fingerprint density at radius 1 is 1.22 bits per heavy atom. The van der Waals surface area contributed by atoms with E-state index in [1.807, 2.05) is 49.4 Å². The highest BCUT2D eigenvalue weighted by Crippen LogP contribution is 2.32. The summed E-state index contributed by atoms with van der Waals surface area (Å²) in [7, 11) is 0. The highest BCUT2D eigenvalue weighted by atomic mass is 16.2. The fourth-order valence-corrected chi connectivity index (χ4v) is 2.87. The Labute approximate surface area is 135 Å². The molecule has 5 heteroatoms. The molecule has 0 radical (unpaired) electrons. The molecule has 118 valence electrons. The second-order valence-electron chi connectivity index (χ2n) is 5.50. The van der Waals surface area contributed by atoms with Crippen molar-refractivity contribution < 1.29 is 9.59 Å². The number of anilines is 1. The normalized spacial score (nSPS) is 16.0. The number of nitrogens with one attached hydrogen (secondary N) is 1. The van der Waals surface area contributed by atoms with Crippen molar-refractivity contribution in [3.8, 4) is 0 Å². The van der Waals surface area contributed by atoms with E-state index in [4.69, 9.17) is 0 Å². The van der Waals surface area contributed by atoms with Gasteiger partial charge >= 0.3 is 0 Å². The molecular formula is C18H19N3O2. The fraction of sp³-hybridized carbons (Fsp3) is 0.278. The Morgan fingerprint density at radius 2 is 2.00 bits per heavy atom. The number of fused-ring (bicyclic) bond motifs is 1. The molecule has 2 aromatic rings. The minimum atomic E-state index is -0.483. The Morgan fingerprint density at radius 3 is 2.74 bits per heavy atom. The van der Waals surface area contributed by atoms with Crippen LogP contribution in [0.1, 0.15) is 24.6 Å². The van der Waals surface area contributed by atoms with E-state index in [0.717, 1.165) is 16.9 Å². The molecule has 2 heterocycles. The van der Waals surface area contributed by atoms with Crippen LogP contribution in [-0.2, 0) is 22.6 Å². The summed E-state index contributed by atoms with van der Waals surface area (Å²) in [5.74, 6) is -0.179. The van der Waals surface area contributed by atoms with E-state index in [1.165, 1.54) is 0 Å². The first-order valence-corrected chi connectivity index (χ1v) is 7.78. The van der Waals surface area contributed by atoms with Gasteiger partial charge in [0.25, 0.3) is 0 Å². The maximum atomic E-state index is 12.6. The smallest absolute Gasteiger partial charge is 0.243 e. The van der Waals surface area contributed by atoms with Crippen LogP contribution in [-0.4, -0.2) is 22.8 Å². The van der Waals surface area contributed by atoms with Crippen LogP contribution in [0.2, 0.25) is 0 Å². The number of pyridine rings is 1. The van der Waals surface area contributed by atoms with E-state index in [1.54, 1.807) is 11.1 Å². The third-order valence-corrected chi connectivity index (χ3v) is 4.02. The lowest BCUT2D eigenvalue weighted by molar-refractivity contribution is -0.126. The Balaban J connectivity index is 1.76. The van der Waals surface area contributed by atoms with Crippen LogP contribution in [0.15, 0.2) is 48.7 Å². The number of amides is 2. The molecule has 1 aliphatic heterocycles. The molecule has 1 aromatic carbocycles. The summed E-state index contributed by atoms with van der Waals surface area (Å²) < 4.78 is 0. The topological polar surface area (TPSA) is 62.3 Å². The number of aromatic nitrogens is 1. The fourth-order valence-electron chi connectivity index (χ4n) is 2.87. The van der Waals surface area contributed by atoms with Crippen molar-refractivity contribution in [2.24, 2.45) is 0 Å². The van der Waals surface area contributed by atoms with E-state index in [2.05, 4.69) is 10.3 Å². The number of carbonyl (C=O) groups is 2. The predicted molar refractivity (Wildman–Crippen MR) is 87.8 cm³/mol. The summed E-state index contributed by atoms with van der Waals surface area (Å²) in [6, 6.07) is 12.8. The number of rotatable bonds is 4. The first-order chi connectivity index (χ1) is 11.2. The van der Waals surface area contributed by atoms with Crippen molar-refractivity contribution in [1.29, 1.82) is 0 Å². The van der Waals surface area contributed by atoms with Crippen LogP contribution in [0.3, 0.4) is 0 Å². The Bertz CT molecular complexity index is 715. The number of carbonyl (C=O) groups excluding carboxylic acids is 2. The van der Waals surface area contributed by atoms with Gasteiger partial charge in [0.2, 0.25) is 11.8 Å². The van der Waals surface area contributed by atoms with Gasteiger partial charge in [-0.25, -0.2) is 0 Å². The van der Waals surface area contributed by atoms with Crippen molar-refractivity contribution in [2.45, 2.75) is 32.4 Å². The molecule has 0 aliphatic carbocycles. The third-order valence-electron chi connectivity index (χ3n) is 4.02. The average Bonchev–Trinajstić information content (AvgIpc) is 2.99. The minimum Gasteiger partial charge on any atom is -0.349 e. The van der Waals surface area contributed by atoms with Gasteiger partial charge in [-0.15, -0.1) is 0 Å². The van der Waals surface area contributed by atoms with Crippen molar-refractivity contribution in [1.82, 2.24) is 10.3 Å². The lowest BCUT2D eigenvalue weighted by Gasteiger charge is -2.24. The highest BCUT2D eigenvalue weighted by Gasteiger charge is 2.37. The minimum absolute atomic E-state index is 0.0343. The van der Waals surface area contributed by atoms with E-state index in [9.17, 15) is 9.59 Å². The summed E-state index contributed by atoms with van der Waals surface area (Å²) in [5.41, 5.74) is 2.68. The van der Waals surface area contributed by atoms with Gasteiger partial charge in [0.05, 0.1) is 12.2 Å². The SMILES string of the molecule is CCC(=O)N1c2ccccc2C[C@H]1C(=O)NCc1ccccn1. The van der Waals surface area contributed by atoms with Gasteiger partial charge < -0.3 is 5.32 Å². The molecule has 0 unspecified atom stereocenters. The molecular weight excluding hydrogens is 290 g/mol. The predicted octanol–water partition coefficient (Wildman–Crippen LogP) is 2.07. The van der Waals surface area contributed by atoms with Crippen LogP contribution < -0.4 is 10.2 Å². The molecule has 1 N–H and O–H groups in total. The van der Waals surface area contributed by atoms with Gasteiger partial charge in [0.1, 0.15) is 6.04 Å². The molecule has 1 atom stereocenters. The average molecular weight is 309 g/mol. The van der Waals surface area contributed by atoms with Crippen LogP contribution in [0.4, 0.5) is 5.69 Å². The van der Waals surface area contributed by atoms with Crippen molar-refractivity contribution in [3.63, 3.8) is 0 Å². The van der Waals surface area contributed by atoms with Gasteiger partial charge in [-0.05, 0) is 23.8 Å². The first-order valence-electron chi connectivity index (χ1n) is 7.78. The summed E-state index contributed by atoms with van der Waals surface area (Å²) in [4.78, 5) is 30.7. The largest absolute Gasteiger partial charge is 0.349 e. The quantitative estimate of drug-likeness (QED) is 0.940. The second-order valence-corrected chi connectivity index (χ2v) is 5.50. The van der Waals surface area contributed by atoms with Crippen molar-refractivity contribution >= 4 is 17.5 Å². The van der Waals surface area contributed by atoms with Gasteiger partial charge in [0.15, 0.2) is 0 Å². The molecule has 0 bridgehead atoms. The third kappa shape index (κ3) is 3.08. The maximum absolute atomic E-state index is 12.6. The zero-order valence-electron chi connectivity index (χ0n) is 13.0. The highest BCUT2D eigenvalue weighted by molar-refractivity contribution is 6.03. The van der Waals surface area contributed by atoms with Gasteiger partial charge in [-0.3, -0.25) is 19.5 Å². The monoisotopic (exact) mass is 309 g/mol. The molecule has 0 saturated carbocycles. The van der Waals surface area contributed by atoms with E-state index in [0.29, 0.717) is 19.4 Å². The van der Waals surface area contributed by atoms with Crippen molar-refractivity contribution in [3.05, 3.63) is 59.9 Å². The van der Waals surface area contributed by atoms with Crippen molar-refractivity contribution in [2.75, 3.05) is 4.90 Å². The van der Waals surface area contributed by atoms with E-state index >= 15 is 0 Å². The Hall–Kier alpha value is -2.69. The van der Waals surface area contributed by atoms with Gasteiger partial charge in [-0.1, -0.05) is 31.2 Å². The zero-order valence-corrected chi connectivity index (χ0v) is 13.0. The number of hydrogen-bond donors (Lipinski definition) is 1. The number of para-hydroxylation sites is 1. The second kappa shape index (κ2) is 6.60. The molecule has 5 nitrogen and oxygen atoms in total. The van der Waals surface area contributed by atoms with E-state index in [-0.39, 0.29) is 11.8 Å². The number of benzene rings is 1. The van der Waals surface area contributed by atoms with Crippen LogP contribution in [0, 0.1) is 0 Å². The first kappa shape index (κ1) is 15.2. The lowest BCUT2D eigenvalue weighted by atomic mass is 10.1. The number of hydrogen-bond acceptors (Lipinski definition) is 3. The van der Waals surface area contributed by atoms with Crippen LogP contribution in [0.25, 0.3) is 0 Å². The molecule has 2 amide bonds. The standard InChI is InChI=1S/C18H19N3O2/c1-2-17(22)21-15-9-4-3-7-13(15)11-16(21)18(23)20-12-14-8-5-6-10-19-14/h3-10,16H,2,11-12H2,1H3,(H,20,23)/t16-/m0/s1. The zero-order chi connectivity index (χ0) is 16.2. The molecule has 1 aliphatic rings.